The Morgan fingerprint density at radius 2 is 2.00 bits per heavy atom. The van der Waals surface area contributed by atoms with Gasteiger partial charge in [-0.25, -0.2) is 9.59 Å². The number of alkyl halides is 3. The van der Waals surface area contributed by atoms with E-state index >= 15 is 0 Å². The molecule has 35 heavy (non-hydrogen) atoms. The van der Waals surface area contributed by atoms with E-state index in [0.717, 1.165) is 28.1 Å². The number of quaternary nitrogens is 1. The maximum atomic E-state index is 12.3. The number of thiophene rings is 1. The smallest absolute Gasteiger partial charge is 0.475 e. The summed E-state index contributed by atoms with van der Waals surface area (Å²) in [6.07, 6.45) is -1.25. The monoisotopic (exact) mass is 513 g/mol. The highest BCUT2D eigenvalue weighted by atomic mass is 32.1. The Hall–Kier alpha value is -2.63. The molecule has 0 aliphatic carbocycles. The minimum absolute atomic E-state index is 0.154. The number of hydrogen-bond donors (Lipinski definition) is 4. The lowest BCUT2D eigenvalue weighted by Gasteiger charge is -2.44. The maximum absolute atomic E-state index is 12.3. The number of amides is 2. The number of likely N-dealkylation sites (tertiary alicyclic amines) is 1. The van der Waals surface area contributed by atoms with E-state index < -0.39 is 12.1 Å². The van der Waals surface area contributed by atoms with E-state index in [9.17, 15) is 18.0 Å². The first kappa shape index (κ1) is 27.0. The fourth-order valence-electron chi connectivity index (χ4n) is 5.18. The SMILES string of the molecule is Cc1cc(NC(=O)NCc2cccs2)ccc1[N+]1(C2CCNC2)CCCC1C.O=C(O)C(F)(F)F. The van der Waals surface area contributed by atoms with Crippen molar-refractivity contribution in [1.82, 2.24) is 15.1 Å². The molecule has 4 N–H and O–H groups in total. The summed E-state index contributed by atoms with van der Waals surface area (Å²) < 4.78 is 32.8. The fraction of sp³-hybridized carbons (Fsp3) is 0.500. The van der Waals surface area contributed by atoms with Gasteiger partial charge in [0.1, 0.15) is 11.7 Å². The molecule has 1 aromatic heterocycles. The van der Waals surface area contributed by atoms with Gasteiger partial charge in [-0.1, -0.05) is 6.07 Å². The number of rotatable bonds is 5. The van der Waals surface area contributed by atoms with Crippen molar-refractivity contribution in [3.63, 3.8) is 0 Å². The Balaban J connectivity index is 0.000000429. The van der Waals surface area contributed by atoms with Crippen molar-refractivity contribution in [3.8, 4) is 0 Å². The van der Waals surface area contributed by atoms with Gasteiger partial charge in [0.2, 0.25) is 0 Å². The Labute approximate surface area is 206 Å². The van der Waals surface area contributed by atoms with Crippen LogP contribution in [0.1, 0.15) is 36.6 Å². The van der Waals surface area contributed by atoms with Crippen LogP contribution in [0.15, 0.2) is 35.7 Å². The molecule has 2 aliphatic rings. The van der Waals surface area contributed by atoms with Crippen LogP contribution in [0.5, 0.6) is 0 Å². The van der Waals surface area contributed by atoms with Gasteiger partial charge in [0.05, 0.1) is 19.1 Å². The van der Waals surface area contributed by atoms with Gasteiger partial charge in [-0.2, -0.15) is 13.2 Å². The molecule has 192 valence electrons. The first-order valence-electron chi connectivity index (χ1n) is 11.6. The summed E-state index contributed by atoms with van der Waals surface area (Å²) >= 11 is 1.65. The van der Waals surface area contributed by atoms with E-state index in [1.165, 1.54) is 37.1 Å². The van der Waals surface area contributed by atoms with Gasteiger partial charge in [0, 0.05) is 54.5 Å². The number of hydrogen-bond acceptors (Lipinski definition) is 4. The van der Waals surface area contributed by atoms with E-state index in [4.69, 9.17) is 9.90 Å². The number of carboxylic acid groups (broad SMARTS) is 1. The third kappa shape index (κ3) is 6.53. The molecule has 2 fully saturated rings. The van der Waals surface area contributed by atoms with Crippen molar-refractivity contribution < 1.29 is 27.9 Å². The zero-order valence-electron chi connectivity index (χ0n) is 19.8. The first-order chi connectivity index (χ1) is 16.5. The van der Waals surface area contributed by atoms with Crippen LogP contribution >= 0.6 is 11.3 Å². The number of aliphatic carboxylic acids is 1. The van der Waals surface area contributed by atoms with Crippen molar-refractivity contribution in [1.29, 1.82) is 0 Å². The highest BCUT2D eigenvalue weighted by Gasteiger charge is 2.48. The van der Waals surface area contributed by atoms with Gasteiger partial charge in [-0.3, -0.25) is 4.48 Å². The fourth-order valence-corrected chi connectivity index (χ4v) is 5.83. The molecule has 2 aromatic rings. The van der Waals surface area contributed by atoms with Crippen LogP contribution in [-0.4, -0.2) is 55.0 Å². The number of carbonyl (C=O) groups is 2. The van der Waals surface area contributed by atoms with Crippen molar-refractivity contribution in [2.45, 2.75) is 57.9 Å². The number of carbonyl (C=O) groups excluding carboxylic acids is 1. The van der Waals surface area contributed by atoms with Gasteiger partial charge in [0.15, 0.2) is 0 Å². The molecule has 2 amide bonds. The van der Waals surface area contributed by atoms with Crippen LogP contribution in [-0.2, 0) is 11.3 Å². The van der Waals surface area contributed by atoms with Crippen LogP contribution in [0.25, 0.3) is 0 Å². The van der Waals surface area contributed by atoms with Crippen molar-refractivity contribution in [2.24, 2.45) is 0 Å². The molecule has 3 unspecified atom stereocenters. The lowest BCUT2D eigenvalue weighted by atomic mass is 10.0. The van der Waals surface area contributed by atoms with E-state index in [2.05, 4.69) is 48.0 Å². The van der Waals surface area contributed by atoms with Crippen LogP contribution in [0, 0.1) is 6.92 Å². The van der Waals surface area contributed by atoms with Crippen LogP contribution < -0.4 is 20.4 Å². The summed E-state index contributed by atoms with van der Waals surface area (Å²) in [7, 11) is 0. The topological polar surface area (TPSA) is 90.5 Å². The van der Waals surface area contributed by atoms with Gasteiger partial charge in [0.25, 0.3) is 0 Å². The lowest BCUT2D eigenvalue weighted by Crippen LogP contribution is -2.60. The summed E-state index contributed by atoms with van der Waals surface area (Å²) in [5, 5.41) is 18.6. The Morgan fingerprint density at radius 3 is 2.51 bits per heavy atom. The third-order valence-corrected chi connectivity index (χ3v) is 7.65. The van der Waals surface area contributed by atoms with E-state index in [1.807, 2.05) is 17.5 Å². The van der Waals surface area contributed by atoms with Crippen LogP contribution in [0.2, 0.25) is 0 Å². The largest absolute Gasteiger partial charge is 0.490 e. The number of anilines is 1. The summed E-state index contributed by atoms with van der Waals surface area (Å²) in [5.41, 5.74) is 3.57. The first-order valence-corrected chi connectivity index (χ1v) is 12.5. The summed E-state index contributed by atoms with van der Waals surface area (Å²) in [6.45, 7) is 8.62. The molecule has 4 rings (SSSR count). The molecular weight excluding hydrogens is 481 g/mol. The van der Waals surface area contributed by atoms with Crippen molar-refractivity contribution >= 4 is 34.7 Å². The average molecular weight is 514 g/mol. The van der Waals surface area contributed by atoms with Crippen LogP contribution in [0.4, 0.5) is 29.3 Å². The number of aryl methyl sites for hydroxylation is 1. The Bertz CT molecular complexity index is 1010. The molecule has 0 bridgehead atoms. The van der Waals surface area contributed by atoms with Gasteiger partial charge < -0.3 is 21.1 Å². The molecule has 3 heterocycles. The number of carboxylic acids is 1. The Kier molecular flexibility index (Phi) is 8.79. The summed E-state index contributed by atoms with van der Waals surface area (Å²) in [4.78, 5) is 22.3. The zero-order chi connectivity index (χ0) is 25.6. The maximum Gasteiger partial charge on any atom is 0.490 e. The number of nitrogens with zero attached hydrogens (tertiary/aromatic N) is 1. The average Bonchev–Trinajstić information content (AvgIpc) is 3.55. The van der Waals surface area contributed by atoms with Gasteiger partial charge in [-0.15, -0.1) is 11.3 Å². The lowest BCUT2D eigenvalue weighted by molar-refractivity contribution is -0.192. The molecule has 0 radical (unpaired) electrons. The minimum Gasteiger partial charge on any atom is -0.475 e. The zero-order valence-corrected chi connectivity index (χ0v) is 20.6. The molecular formula is C24H32F3N4O3S+. The highest BCUT2D eigenvalue weighted by molar-refractivity contribution is 7.09. The number of halogens is 3. The third-order valence-electron chi connectivity index (χ3n) is 6.77. The molecule has 1 aromatic carbocycles. The number of benzene rings is 1. The van der Waals surface area contributed by atoms with Crippen LogP contribution in [0.3, 0.4) is 0 Å². The van der Waals surface area contributed by atoms with E-state index in [1.54, 1.807) is 11.3 Å². The molecule has 0 saturated carbocycles. The molecule has 2 aliphatic heterocycles. The molecule has 3 atom stereocenters. The second-order valence-electron chi connectivity index (χ2n) is 8.98. The second kappa shape index (κ2) is 11.4. The van der Waals surface area contributed by atoms with E-state index in [-0.39, 0.29) is 6.03 Å². The van der Waals surface area contributed by atoms with Gasteiger partial charge >= 0.3 is 18.2 Å². The predicted molar refractivity (Wildman–Crippen MR) is 132 cm³/mol. The quantitative estimate of drug-likeness (QED) is 0.430. The summed E-state index contributed by atoms with van der Waals surface area (Å²) in [5.74, 6) is -2.76. The van der Waals surface area contributed by atoms with Crippen molar-refractivity contribution in [2.75, 3.05) is 25.0 Å². The molecule has 7 nitrogen and oxygen atoms in total. The standard InChI is InChI=1S/C22H30N4OS.C2HF3O2/c1-16-13-18(25-22(27)24-15-20-6-4-12-28-20)7-8-21(16)26(11-3-5-17(26)2)19-9-10-23-14-19;3-2(4,5)1(6)7/h4,6-8,12-13,17,19,23H,3,5,9-11,14-15H2,1-2H3,(H-,24,25,27);(H,6,7)/p+1. The van der Waals surface area contributed by atoms with Crippen molar-refractivity contribution in [3.05, 3.63) is 46.2 Å². The molecule has 0 spiro atoms. The molecule has 11 heteroatoms. The Morgan fingerprint density at radius 1 is 1.26 bits per heavy atom. The highest BCUT2D eigenvalue weighted by Crippen LogP contribution is 2.41. The normalized spacial score (nSPS) is 23.9. The molecule has 2 saturated heterocycles. The second-order valence-corrected chi connectivity index (χ2v) is 10.0. The predicted octanol–water partition coefficient (Wildman–Crippen LogP) is 4.86. The number of urea groups is 1. The van der Waals surface area contributed by atoms with Gasteiger partial charge in [-0.05, 0) is 37.4 Å². The number of nitrogens with one attached hydrogen (secondary N) is 3. The van der Waals surface area contributed by atoms with E-state index in [0.29, 0.717) is 18.6 Å². The summed E-state index contributed by atoms with van der Waals surface area (Å²) in [6, 6.07) is 11.6. The minimum atomic E-state index is -5.08.